The minimum Gasteiger partial charge on any atom is -0.478 e. The number of aromatic carboxylic acids is 1. The topological polar surface area (TPSA) is 66.0 Å². The van der Waals surface area contributed by atoms with Gasteiger partial charge in [-0.1, -0.05) is 35.9 Å². The summed E-state index contributed by atoms with van der Waals surface area (Å²) in [5.74, 6) is -1.31. The summed E-state index contributed by atoms with van der Waals surface area (Å²) in [5.41, 5.74) is 3.85. The predicted octanol–water partition coefficient (Wildman–Crippen LogP) is 6.24. The summed E-state index contributed by atoms with van der Waals surface area (Å²) >= 11 is 6.22. The Bertz CT molecular complexity index is 1350. The number of benzene rings is 3. The van der Waals surface area contributed by atoms with Gasteiger partial charge in [0.15, 0.2) is 0 Å². The van der Waals surface area contributed by atoms with E-state index in [1.54, 1.807) is 36.4 Å². The molecule has 0 atom stereocenters. The summed E-state index contributed by atoms with van der Waals surface area (Å²) in [7, 11) is 0. The molecule has 0 unspecified atom stereocenters. The molecule has 4 rings (SSSR count). The Morgan fingerprint density at radius 1 is 1.06 bits per heavy atom. The van der Waals surface area contributed by atoms with Crippen LogP contribution in [0.15, 0.2) is 72.9 Å². The van der Waals surface area contributed by atoms with Gasteiger partial charge in [-0.25, -0.2) is 9.18 Å². The zero-order valence-electron chi connectivity index (χ0n) is 16.2. The number of carbonyl (C=O) groups is 1. The maximum absolute atomic E-state index is 13.2. The molecule has 4 nitrogen and oxygen atoms in total. The summed E-state index contributed by atoms with van der Waals surface area (Å²) < 4.78 is 15.3. The van der Waals surface area contributed by atoms with Crippen LogP contribution in [0.4, 0.5) is 4.39 Å². The van der Waals surface area contributed by atoms with Gasteiger partial charge in [-0.15, -0.1) is 0 Å². The first-order chi connectivity index (χ1) is 14.9. The van der Waals surface area contributed by atoms with Crippen molar-refractivity contribution < 1.29 is 14.3 Å². The van der Waals surface area contributed by atoms with Gasteiger partial charge in [0.25, 0.3) is 0 Å². The Balaban J connectivity index is 1.78. The van der Waals surface area contributed by atoms with Gasteiger partial charge in [0, 0.05) is 34.2 Å². The molecule has 0 bridgehead atoms. The second-order valence-corrected chi connectivity index (χ2v) is 7.49. The van der Waals surface area contributed by atoms with Crippen LogP contribution in [0.5, 0.6) is 0 Å². The Morgan fingerprint density at radius 2 is 1.74 bits per heavy atom. The maximum atomic E-state index is 13.2. The molecule has 0 aliphatic rings. The van der Waals surface area contributed by atoms with E-state index in [1.165, 1.54) is 24.3 Å². The summed E-state index contributed by atoms with van der Waals surface area (Å²) in [6.45, 7) is 0.529. The van der Waals surface area contributed by atoms with Gasteiger partial charge in [-0.05, 0) is 59.7 Å². The quantitative estimate of drug-likeness (QED) is 0.381. The fourth-order valence-electron chi connectivity index (χ4n) is 3.46. The van der Waals surface area contributed by atoms with Crippen LogP contribution in [0.3, 0.4) is 0 Å². The van der Waals surface area contributed by atoms with E-state index in [2.05, 4.69) is 6.07 Å². The molecule has 1 aromatic heterocycles. The number of nitrogens with zero attached hydrogens (tertiary/aromatic N) is 2. The normalized spacial score (nSPS) is 11.5. The van der Waals surface area contributed by atoms with Crippen LogP contribution < -0.4 is 0 Å². The van der Waals surface area contributed by atoms with E-state index in [0.29, 0.717) is 22.7 Å². The molecule has 0 fully saturated rings. The Kier molecular flexibility index (Phi) is 5.57. The van der Waals surface area contributed by atoms with E-state index in [1.807, 2.05) is 22.9 Å². The highest BCUT2D eigenvalue weighted by Crippen LogP contribution is 2.29. The lowest BCUT2D eigenvalue weighted by Crippen LogP contribution is -1.97. The van der Waals surface area contributed by atoms with Crippen LogP contribution in [0.25, 0.3) is 22.6 Å². The lowest BCUT2D eigenvalue weighted by molar-refractivity contribution is 0.0697. The minimum absolute atomic E-state index is 0.156. The molecule has 0 aliphatic carbocycles. The largest absolute Gasteiger partial charge is 0.478 e. The number of hydrogen-bond donors (Lipinski definition) is 1. The zero-order chi connectivity index (χ0) is 22.0. The van der Waals surface area contributed by atoms with E-state index in [4.69, 9.17) is 16.7 Å². The number of fused-ring (bicyclic) bond motifs is 1. The molecule has 6 heteroatoms. The zero-order valence-corrected chi connectivity index (χ0v) is 17.0. The fraction of sp³-hybridized carbons (Fsp3) is 0.0400. The second-order valence-electron chi connectivity index (χ2n) is 7.05. The number of hydrogen-bond acceptors (Lipinski definition) is 2. The number of nitriles is 1. The van der Waals surface area contributed by atoms with Crippen molar-refractivity contribution in [3.05, 3.63) is 106 Å². The molecule has 4 aromatic rings. The molecule has 1 N–H and O–H groups in total. The molecule has 152 valence electrons. The molecule has 0 aliphatic heterocycles. The van der Waals surface area contributed by atoms with E-state index in [9.17, 15) is 14.4 Å². The van der Waals surface area contributed by atoms with Crippen molar-refractivity contribution in [2.75, 3.05) is 0 Å². The van der Waals surface area contributed by atoms with Crippen LogP contribution >= 0.6 is 11.6 Å². The molecule has 0 saturated heterocycles. The number of aromatic nitrogens is 1. The van der Waals surface area contributed by atoms with Crippen LogP contribution in [0.2, 0.25) is 5.02 Å². The highest BCUT2D eigenvalue weighted by atomic mass is 35.5. The van der Waals surface area contributed by atoms with Gasteiger partial charge in [0.05, 0.1) is 17.2 Å². The number of halogens is 2. The van der Waals surface area contributed by atoms with E-state index < -0.39 is 5.97 Å². The van der Waals surface area contributed by atoms with Crippen LogP contribution in [-0.4, -0.2) is 15.6 Å². The molecular formula is C25H16ClFN2O2. The van der Waals surface area contributed by atoms with Crippen molar-refractivity contribution in [3.63, 3.8) is 0 Å². The lowest BCUT2D eigenvalue weighted by Gasteiger charge is -2.05. The first-order valence-electron chi connectivity index (χ1n) is 9.43. The van der Waals surface area contributed by atoms with E-state index in [0.717, 1.165) is 22.0 Å². The molecule has 3 aromatic carbocycles. The SMILES string of the molecule is N#C/C(=C\c1cn(Cc2ccc(F)cc2)c2ccc(Cl)cc12)c1ccc(C(=O)O)cc1. The molecule has 31 heavy (non-hydrogen) atoms. The maximum Gasteiger partial charge on any atom is 0.335 e. The number of rotatable bonds is 5. The third kappa shape index (κ3) is 4.35. The smallest absolute Gasteiger partial charge is 0.335 e. The Morgan fingerprint density at radius 3 is 2.39 bits per heavy atom. The monoisotopic (exact) mass is 430 g/mol. The Hall–Kier alpha value is -3.88. The summed E-state index contributed by atoms with van der Waals surface area (Å²) in [6, 6.07) is 20.2. The molecule has 1 heterocycles. The number of carboxylic acid groups (broad SMARTS) is 1. The van der Waals surface area contributed by atoms with Crippen molar-refractivity contribution in [2.24, 2.45) is 0 Å². The average molecular weight is 431 g/mol. The number of allylic oxidation sites excluding steroid dienone is 1. The Labute approximate surface area is 183 Å². The standard InChI is InChI=1S/C25H16ClFN2O2/c26-21-7-10-24-23(12-21)20(15-29(24)14-16-1-8-22(27)9-2-16)11-19(13-28)17-3-5-18(6-4-17)25(30)31/h1-12,15H,14H2,(H,30,31)/b19-11+. The first-order valence-corrected chi connectivity index (χ1v) is 9.81. The van der Waals surface area contributed by atoms with Gasteiger partial charge < -0.3 is 9.67 Å². The average Bonchev–Trinajstić information content (AvgIpc) is 3.09. The van der Waals surface area contributed by atoms with Crippen molar-refractivity contribution in [1.29, 1.82) is 5.26 Å². The van der Waals surface area contributed by atoms with Gasteiger partial charge >= 0.3 is 5.97 Å². The third-order valence-electron chi connectivity index (χ3n) is 5.00. The van der Waals surface area contributed by atoms with Crippen molar-refractivity contribution >= 4 is 40.1 Å². The summed E-state index contributed by atoms with van der Waals surface area (Å²) in [5, 5.41) is 20.2. The highest BCUT2D eigenvalue weighted by molar-refractivity contribution is 6.31. The number of carboxylic acids is 1. The van der Waals surface area contributed by atoms with Crippen molar-refractivity contribution in [3.8, 4) is 6.07 Å². The van der Waals surface area contributed by atoms with E-state index >= 15 is 0 Å². The van der Waals surface area contributed by atoms with Gasteiger partial charge in [0.1, 0.15) is 5.82 Å². The van der Waals surface area contributed by atoms with E-state index in [-0.39, 0.29) is 11.4 Å². The first kappa shape index (κ1) is 20.4. The molecule has 0 saturated carbocycles. The second kappa shape index (κ2) is 8.47. The molecular weight excluding hydrogens is 415 g/mol. The third-order valence-corrected chi connectivity index (χ3v) is 5.24. The minimum atomic E-state index is -1.02. The molecule has 0 spiro atoms. The highest BCUT2D eigenvalue weighted by Gasteiger charge is 2.11. The summed E-state index contributed by atoms with van der Waals surface area (Å²) in [6.07, 6.45) is 3.68. The van der Waals surface area contributed by atoms with Crippen LogP contribution in [0, 0.1) is 17.1 Å². The molecule has 0 radical (unpaired) electrons. The van der Waals surface area contributed by atoms with Crippen LogP contribution in [-0.2, 0) is 6.54 Å². The van der Waals surface area contributed by atoms with Gasteiger partial charge in [-0.2, -0.15) is 5.26 Å². The van der Waals surface area contributed by atoms with Crippen LogP contribution in [0.1, 0.15) is 27.0 Å². The lowest BCUT2D eigenvalue weighted by atomic mass is 10.0. The van der Waals surface area contributed by atoms with Crippen molar-refractivity contribution in [2.45, 2.75) is 6.54 Å². The van der Waals surface area contributed by atoms with Crippen molar-refractivity contribution in [1.82, 2.24) is 4.57 Å². The summed E-state index contributed by atoms with van der Waals surface area (Å²) in [4.78, 5) is 11.1. The van der Waals surface area contributed by atoms with Gasteiger partial charge in [-0.3, -0.25) is 0 Å². The van der Waals surface area contributed by atoms with Gasteiger partial charge in [0.2, 0.25) is 0 Å². The fourth-order valence-corrected chi connectivity index (χ4v) is 3.63. The molecule has 0 amide bonds. The predicted molar refractivity (Wildman–Crippen MR) is 119 cm³/mol.